The van der Waals surface area contributed by atoms with Crippen LogP contribution in [0.1, 0.15) is 43.6 Å². The maximum atomic E-state index is 14.1. The average molecular weight is 473 g/mol. The first kappa shape index (κ1) is 24.9. The van der Waals surface area contributed by atoms with E-state index in [-0.39, 0.29) is 24.7 Å². The number of hydrogen-bond acceptors (Lipinski definition) is 6. The van der Waals surface area contributed by atoms with Crippen LogP contribution in [-0.4, -0.2) is 61.1 Å². The highest BCUT2D eigenvalue weighted by molar-refractivity contribution is 5.99. The summed E-state index contributed by atoms with van der Waals surface area (Å²) in [6, 6.07) is 5.39. The molecule has 0 bridgehead atoms. The lowest BCUT2D eigenvalue weighted by molar-refractivity contribution is -0.00177. The predicted molar refractivity (Wildman–Crippen MR) is 126 cm³/mol. The topological polar surface area (TPSA) is 141 Å². The molecule has 0 saturated heterocycles. The minimum Gasteiger partial charge on any atom is -0.465 e. The number of fused-ring (bicyclic) bond motifs is 1. The molecule has 2 amide bonds. The van der Waals surface area contributed by atoms with Crippen molar-refractivity contribution in [3.8, 4) is 5.82 Å². The van der Waals surface area contributed by atoms with Crippen molar-refractivity contribution in [1.82, 2.24) is 25.2 Å². The Bertz CT molecular complexity index is 1190. The Morgan fingerprint density at radius 2 is 1.91 bits per heavy atom. The van der Waals surface area contributed by atoms with Gasteiger partial charge in [-0.2, -0.15) is 0 Å². The zero-order valence-electron chi connectivity index (χ0n) is 19.5. The third kappa shape index (κ3) is 5.98. The zero-order chi connectivity index (χ0) is 25.0. The van der Waals surface area contributed by atoms with Gasteiger partial charge in [-0.3, -0.25) is 9.36 Å². The molecule has 0 spiro atoms. The van der Waals surface area contributed by atoms with Gasteiger partial charge in [0.2, 0.25) is 0 Å². The van der Waals surface area contributed by atoms with Gasteiger partial charge in [-0.15, -0.1) is 0 Å². The molecule has 0 radical (unpaired) electrons. The van der Waals surface area contributed by atoms with E-state index in [4.69, 9.17) is 5.11 Å². The maximum absolute atomic E-state index is 14.1. The summed E-state index contributed by atoms with van der Waals surface area (Å²) in [5.41, 5.74) is 0.518. The number of pyridine rings is 2. The number of aliphatic hydroxyl groups is 1. The van der Waals surface area contributed by atoms with Crippen molar-refractivity contribution < 1.29 is 24.2 Å². The molecule has 0 fully saturated rings. The Kier molecular flexibility index (Phi) is 7.35. The number of nitrogens with zero attached hydrogens (tertiary/aromatic N) is 3. The van der Waals surface area contributed by atoms with E-state index in [0.29, 0.717) is 22.7 Å². The van der Waals surface area contributed by atoms with Gasteiger partial charge in [-0.05, 0) is 45.4 Å². The Balaban J connectivity index is 1.89. The smallest absolute Gasteiger partial charge is 0.404 e. The lowest BCUT2D eigenvalue weighted by Gasteiger charge is -2.23. The molecule has 0 aliphatic carbocycles. The first-order chi connectivity index (χ1) is 16.0. The van der Waals surface area contributed by atoms with Crippen molar-refractivity contribution >= 4 is 28.7 Å². The third-order valence-electron chi connectivity index (χ3n) is 5.06. The Morgan fingerprint density at radius 1 is 1.18 bits per heavy atom. The highest BCUT2D eigenvalue weighted by Crippen LogP contribution is 2.23. The van der Waals surface area contributed by atoms with Gasteiger partial charge in [0.05, 0.1) is 23.4 Å². The third-order valence-corrected chi connectivity index (χ3v) is 5.06. The standard InChI is InChI=1S/C23H29FN6O4/c1-13(2)29-17-8-19(25-11-16(17)21(31)27-12-18(24)23(3,4)34)30-6-5-15-7-14(9-26-20(15)30)10-28-22(32)33/h5-9,11,13,18,28,34H,10,12H2,1-4H3,(H,25,29)(H,27,31)(H,32,33). The number of rotatable bonds is 9. The summed E-state index contributed by atoms with van der Waals surface area (Å²) < 4.78 is 15.8. The molecule has 0 aliphatic rings. The molecule has 1 atom stereocenters. The van der Waals surface area contributed by atoms with Gasteiger partial charge in [0.15, 0.2) is 0 Å². The van der Waals surface area contributed by atoms with Gasteiger partial charge < -0.3 is 26.2 Å². The summed E-state index contributed by atoms with van der Waals surface area (Å²) in [4.78, 5) is 32.3. The predicted octanol–water partition coefficient (Wildman–Crippen LogP) is 2.85. The minimum atomic E-state index is -1.63. The van der Waals surface area contributed by atoms with Crippen molar-refractivity contribution in [2.45, 2.75) is 52.1 Å². The van der Waals surface area contributed by atoms with Crippen LogP contribution in [0.5, 0.6) is 0 Å². The summed E-state index contributed by atoms with van der Waals surface area (Å²) in [7, 11) is 0. The van der Waals surface area contributed by atoms with Crippen molar-refractivity contribution in [1.29, 1.82) is 0 Å². The van der Waals surface area contributed by atoms with E-state index >= 15 is 0 Å². The number of aromatic nitrogens is 3. The van der Waals surface area contributed by atoms with Gasteiger partial charge >= 0.3 is 6.09 Å². The van der Waals surface area contributed by atoms with Crippen LogP contribution in [0.4, 0.5) is 14.9 Å². The van der Waals surface area contributed by atoms with Crippen LogP contribution in [0.3, 0.4) is 0 Å². The quantitative estimate of drug-likeness (QED) is 0.322. The summed E-state index contributed by atoms with van der Waals surface area (Å²) >= 11 is 0. The van der Waals surface area contributed by atoms with E-state index in [9.17, 15) is 19.1 Å². The van der Waals surface area contributed by atoms with Crippen LogP contribution in [0.2, 0.25) is 0 Å². The number of carbonyl (C=O) groups excluding carboxylic acids is 1. The van der Waals surface area contributed by atoms with Crippen molar-refractivity contribution in [2.24, 2.45) is 0 Å². The van der Waals surface area contributed by atoms with E-state index in [1.807, 2.05) is 26.0 Å². The van der Waals surface area contributed by atoms with E-state index in [1.54, 1.807) is 23.0 Å². The summed E-state index contributed by atoms with van der Waals surface area (Å²) in [6.07, 6.45) is 2.03. The minimum absolute atomic E-state index is 0.0101. The van der Waals surface area contributed by atoms with Crippen molar-refractivity contribution in [3.63, 3.8) is 0 Å². The normalized spacial score (nSPS) is 12.6. The Morgan fingerprint density at radius 3 is 2.56 bits per heavy atom. The summed E-state index contributed by atoms with van der Waals surface area (Å²) in [5, 5.41) is 27.4. The fraction of sp³-hybridized carbons (Fsp3) is 0.391. The van der Waals surface area contributed by atoms with Crippen molar-refractivity contribution in [3.05, 3.63) is 47.9 Å². The zero-order valence-corrected chi connectivity index (χ0v) is 19.5. The van der Waals surface area contributed by atoms with Gasteiger partial charge in [0.1, 0.15) is 17.6 Å². The average Bonchev–Trinajstić information content (AvgIpc) is 3.18. The highest BCUT2D eigenvalue weighted by atomic mass is 19.1. The molecule has 3 heterocycles. The highest BCUT2D eigenvalue weighted by Gasteiger charge is 2.27. The number of halogens is 1. The lowest BCUT2D eigenvalue weighted by Crippen LogP contribution is -2.42. The van der Waals surface area contributed by atoms with Crippen LogP contribution in [-0.2, 0) is 6.54 Å². The van der Waals surface area contributed by atoms with Crippen LogP contribution in [0.25, 0.3) is 16.9 Å². The van der Waals surface area contributed by atoms with E-state index < -0.39 is 23.8 Å². The summed E-state index contributed by atoms with van der Waals surface area (Å²) in [6.45, 7) is 6.33. The number of alkyl halides is 1. The molecule has 10 nitrogen and oxygen atoms in total. The van der Waals surface area contributed by atoms with Crippen LogP contribution < -0.4 is 16.0 Å². The molecule has 3 aromatic heterocycles. The van der Waals surface area contributed by atoms with E-state index in [2.05, 4.69) is 25.9 Å². The molecule has 0 saturated carbocycles. The number of carboxylic acid groups (broad SMARTS) is 1. The molecule has 1 unspecified atom stereocenters. The molecule has 3 rings (SSSR count). The second-order valence-electron chi connectivity index (χ2n) is 8.82. The molecule has 11 heteroatoms. The number of nitrogens with one attached hydrogen (secondary N) is 3. The largest absolute Gasteiger partial charge is 0.465 e. The summed E-state index contributed by atoms with van der Waals surface area (Å²) in [5.74, 6) is -0.00127. The van der Waals surface area contributed by atoms with Gasteiger partial charge in [0.25, 0.3) is 5.91 Å². The molecule has 5 N–H and O–H groups in total. The van der Waals surface area contributed by atoms with Crippen LogP contribution in [0, 0.1) is 0 Å². The van der Waals surface area contributed by atoms with Crippen LogP contribution in [0.15, 0.2) is 36.8 Å². The van der Waals surface area contributed by atoms with Gasteiger partial charge in [-0.1, -0.05) is 0 Å². The Hall–Kier alpha value is -3.73. The molecule has 182 valence electrons. The maximum Gasteiger partial charge on any atom is 0.404 e. The van der Waals surface area contributed by atoms with E-state index in [0.717, 1.165) is 5.39 Å². The fourth-order valence-electron chi connectivity index (χ4n) is 3.24. The number of anilines is 1. The lowest BCUT2D eigenvalue weighted by atomic mass is 10.0. The molecular weight excluding hydrogens is 443 g/mol. The van der Waals surface area contributed by atoms with Crippen LogP contribution >= 0.6 is 0 Å². The second kappa shape index (κ2) is 10.0. The SMILES string of the molecule is CC(C)Nc1cc(-n2ccc3cc(CNC(=O)O)cnc32)ncc1C(=O)NCC(F)C(C)(C)O. The number of amides is 2. The molecule has 3 aromatic rings. The fourth-order valence-corrected chi connectivity index (χ4v) is 3.24. The molecular formula is C23H29FN6O4. The first-order valence-corrected chi connectivity index (χ1v) is 10.8. The number of hydrogen-bond donors (Lipinski definition) is 5. The molecule has 34 heavy (non-hydrogen) atoms. The van der Waals surface area contributed by atoms with Gasteiger partial charge in [-0.25, -0.2) is 19.2 Å². The molecule has 0 aromatic carbocycles. The molecule has 0 aliphatic heterocycles. The Labute approximate surface area is 196 Å². The second-order valence-corrected chi connectivity index (χ2v) is 8.82. The van der Waals surface area contributed by atoms with E-state index in [1.165, 1.54) is 20.0 Å². The number of carbonyl (C=O) groups is 2. The van der Waals surface area contributed by atoms with Gasteiger partial charge in [0, 0.05) is 42.6 Å². The first-order valence-electron chi connectivity index (χ1n) is 10.8. The monoisotopic (exact) mass is 472 g/mol. The van der Waals surface area contributed by atoms with Crippen molar-refractivity contribution in [2.75, 3.05) is 11.9 Å².